The van der Waals surface area contributed by atoms with E-state index in [4.69, 9.17) is 15.6 Å². The Hall–Kier alpha value is -1.78. The van der Waals surface area contributed by atoms with Crippen LogP contribution in [0, 0.1) is 6.92 Å². The predicted octanol–water partition coefficient (Wildman–Crippen LogP) is 0.826. The van der Waals surface area contributed by atoms with E-state index in [9.17, 15) is 4.79 Å². The number of nitrogens with zero attached hydrogens (tertiary/aromatic N) is 1. The van der Waals surface area contributed by atoms with E-state index in [1.165, 1.54) is 0 Å². The van der Waals surface area contributed by atoms with Gasteiger partial charge in [-0.15, -0.1) is 0 Å². The zero-order valence-electron chi connectivity index (χ0n) is 7.86. The molecule has 5 nitrogen and oxygen atoms in total. The zero-order valence-corrected chi connectivity index (χ0v) is 7.86. The Labute approximate surface area is 81.5 Å². The molecule has 0 amide bonds. The molecule has 0 aliphatic rings. The van der Waals surface area contributed by atoms with Gasteiger partial charge in [-0.2, -0.15) is 0 Å². The second-order valence-electron chi connectivity index (χ2n) is 2.83. The maximum atomic E-state index is 10.2. The first-order valence-electron chi connectivity index (χ1n) is 4.17. The lowest BCUT2D eigenvalue weighted by Gasteiger charge is -2.06. The Morgan fingerprint density at radius 2 is 2.36 bits per heavy atom. The number of carboxylic acid groups (broad SMARTS) is 1. The molecule has 0 saturated carbocycles. The number of aliphatic carboxylic acids is 1. The number of carbonyl (C=O) groups is 1. The second kappa shape index (κ2) is 4.45. The fourth-order valence-corrected chi connectivity index (χ4v) is 0.934. The van der Waals surface area contributed by atoms with E-state index in [2.05, 4.69) is 4.98 Å². The van der Waals surface area contributed by atoms with E-state index >= 15 is 0 Å². The largest absolute Gasteiger partial charge is 0.489 e. The lowest BCUT2D eigenvalue weighted by Crippen LogP contribution is -2.06. The molecule has 0 aliphatic heterocycles. The van der Waals surface area contributed by atoms with Gasteiger partial charge in [0.1, 0.15) is 0 Å². The molecule has 1 rings (SSSR count). The summed E-state index contributed by atoms with van der Waals surface area (Å²) >= 11 is 0. The van der Waals surface area contributed by atoms with Crippen molar-refractivity contribution in [3.8, 4) is 5.75 Å². The van der Waals surface area contributed by atoms with E-state index in [0.29, 0.717) is 5.75 Å². The number of aryl methyl sites for hydroxylation is 1. The van der Waals surface area contributed by atoms with Crippen molar-refractivity contribution in [1.29, 1.82) is 0 Å². The van der Waals surface area contributed by atoms with Gasteiger partial charge in [-0.25, -0.2) is 4.98 Å². The summed E-state index contributed by atoms with van der Waals surface area (Å²) in [6, 6.07) is 3.44. The molecule has 76 valence electrons. The van der Waals surface area contributed by atoms with Crippen molar-refractivity contribution in [1.82, 2.24) is 4.98 Å². The topological polar surface area (TPSA) is 85.4 Å². The lowest BCUT2D eigenvalue weighted by atomic mass is 10.3. The van der Waals surface area contributed by atoms with Gasteiger partial charge >= 0.3 is 5.97 Å². The molecular formula is C9H12N2O3. The van der Waals surface area contributed by atoms with Gasteiger partial charge < -0.3 is 15.6 Å². The molecule has 3 N–H and O–H groups in total. The Kier molecular flexibility index (Phi) is 3.28. The molecule has 0 aliphatic carbocycles. The fourth-order valence-electron chi connectivity index (χ4n) is 0.934. The Morgan fingerprint density at radius 1 is 1.64 bits per heavy atom. The van der Waals surface area contributed by atoms with Crippen molar-refractivity contribution < 1.29 is 14.6 Å². The lowest BCUT2D eigenvalue weighted by molar-refractivity contribution is -0.137. The van der Waals surface area contributed by atoms with Gasteiger partial charge in [-0.05, 0) is 19.1 Å². The van der Waals surface area contributed by atoms with Gasteiger partial charge in [0, 0.05) is 5.69 Å². The van der Waals surface area contributed by atoms with Gasteiger partial charge in [0.2, 0.25) is 0 Å². The van der Waals surface area contributed by atoms with Crippen LogP contribution in [-0.2, 0) is 4.79 Å². The van der Waals surface area contributed by atoms with E-state index in [1.807, 2.05) is 6.92 Å². The number of nitrogen functional groups attached to an aromatic ring is 1. The van der Waals surface area contributed by atoms with Crippen LogP contribution >= 0.6 is 0 Å². The van der Waals surface area contributed by atoms with Crippen molar-refractivity contribution in [3.63, 3.8) is 0 Å². The molecule has 0 saturated heterocycles. The Bertz CT molecular complexity index is 339. The number of hydrogen-bond donors (Lipinski definition) is 2. The summed E-state index contributed by atoms with van der Waals surface area (Å²) in [6.07, 6.45) is -0.0483. The van der Waals surface area contributed by atoms with E-state index < -0.39 is 5.97 Å². The van der Waals surface area contributed by atoms with Crippen LogP contribution in [0.5, 0.6) is 5.75 Å². The molecule has 0 aromatic carbocycles. The molecule has 0 fully saturated rings. The van der Waals surface area contributed by atoms with Crippen LogP contribution in [0.3, 0.4) is 0 Å². The number of rotatable bonds is 4. The van der Waals surface area contributed by atoms with Crippen LogP contribution in [0.4, 0.5) is 5.82 Å². The minimum Gasteiger partial charge on any atom is -0.489 e. The average Bonchev–Trinajstić information content (AvgIpc) is 2.08. The highest BCUT2D eigenvalue weighted by molar-refractivity contribution is 5.66. The van der Waals surface area contributed by atoms with Crippen LogP contribution in [0.1, 0.15) is 12.1 Å². The minimum atomic E-state index is -0.899. The van der Waals surface area contributed by atoms with E-state index in [0.717, 1.165) is 5.69 Å². The van der Waals surface area contributed by atoms with Gasteiger partial charge in [-0.1, -0.05) is 0 Å². The summed E-state index contributed by atoms with van der Waals surface area (Å²) in [4.78, 5) is 14.2. The summed E-state index contributed by atoms with van der Waals surface area (Å²) in [6.45, 7) is 1.92. The molecule has 5 heteroatoms. The van der Waals surface area contributed by atoms with Gasteiger partial charge in [0.05, 0.1) is 13.0 Å². The predicted molar refractivity (Wildman–Crippen MR) is 51.1 cm³/mol. The summed E-state index contributed by atoms with van der Waals surface area (Å²) in [7, 11) is 0. The second-order valence-corrected chi connectivity index (χ2v) is 2.83. The number of pyridine rings is 1. The van der Waals surface area contributed by atoms with Crippen molar-refractivity contribution in [2.45, 2.75) is 13.3 Å². The number of anilines is 1. The number of ether oxygens (including phenoxy) is 1. The number of hydrogen-bond acceptors (Lipinski definition) is 4. The number of nitrogens with two attached hydrogens (primary N) is 1. The Morgan fingerprint density at radius 3 is 2.93 bits per heavy atom. The van der Waals surface area contributed by atoms with Crippen LogP contribution in [0.25, 0.3) is 0 Å². The Balaban J connectivity index is 2.55. The first-order chi connectivity index (χ1) is 6.59. The highest BCUT2D eigenvalue weighted by Crippen LogP contribution is 2.18. The SMILES string of the molecule is Cc1ccc(OCCC(=O)O)c(N)n1. The van der Waals surface area contributed by atoms with Crippen LogP contribution in [0.15, 0.2) is 12.1 Å². The van der Waals surface area contributed by atoms with E-state index in [-0.39, 0.29) is 18.8 Å². The average molecular weight is 196 g/mol. The molecule has 0 unspecified atom stereocenters. The fraction of sp³-hybridized carbons (Fsp3) is 0.333. The smallest absolute Gasteiger partial charge is 0.306 e. The minimum absolute atomic E-state index is 0.0483. The quantitative estimate of drug-likeness (QED) is 0.744. The third kappa shape index (κ3) is 2.93. The first-order valence-corrected chi connectivity index (χ1v) is 4.17. The van der Waals surface area contributed by atoms with Crippen molar-refractivity contribution in [2.75, 3.05) is 12.3 Å². The first kappa shape index (κ1) is 10.3. The molecule has 0 spiro atoms. The summed E-state index contributed by atoms with van der Waals surface area (Å²) < 4.78 is 5.13. The van der Waals surface area contributed by atoms with Crippen molar-refractivity contribution in [2.24, 2.45) is 0 Å². The molecule has 0 bridgehead atoms. The highest BCUT2D eigenvalue weighted by atomic mass is 16.5. The van der Waals surface area contributed by atoms with Gasteiger partial charge in [0.25, 0.3) is 0 Å². The van der Waals surface area contributed by atoms with Crippen LogP contribution in [0.2, 0.25) is 0 Å². The highest BCUT2D eigenvalue weighted by Gasteiger charge is 2.03. The summed E-state index contributed by atoms with van der Waals surface area (Å²) in [5.74, 6) is -0.184. The molecule has 0 radical (unpaired) electrons. The molecule has 1 aromatic rings. The van der Waals surface area contributed by atoms with Gasteiger partial charge in [0.15, 0.2) is 11.6 Å². The van der Waals surface area contributed by atoms with Crippen LogP contribution in [-0.4, -0.2) is 22.7 Å². The van der Waals surface area contributed by atoms with Crippen molar-refractivity contribution >= 4 is 11.8 Å². The standard InChI is InChI=1S/C9H12N2O3/c1-6-2-3-7(9(10)11-6)14-5-4-8(12)13/h2-3H,4-5H2,1H3,(H2,10,11)(H,12,13). The monoisotopic (exact) mass is 196 g/mol. The normalized spacial score (nSPS) is 9.79. The number of carboxylic acids is 1. The zero-order chi connectivity index (χ0) is 10.6. The maximum absolute atomic E-state index is 10.2. The van der Waals surface area contributed by atoms with E-state index in [1.54, 1.807) is 12.1 Å². The summed E-state index contributed by atoms with van der Waals surface area (Å²) in [5, 5.41) is 8.38. The molecule has 0 atom stereocenters. The maximum Gasteiger partial charge on any atom is 0.306 e. The molecule has 14 heavy (non-hydrogen) atoms. The molecular weight excluding hydrogens is 184 g/mol. The third-order valence-corrected chi connectivity index (χ3v) is 1.60. The summed E-state index contributed by atoms with van der Waals surface area (Å²) in [5.41, 5.74) is 6.35. The van der Waals surface area contributed by atoms with Gasteiger partial charge in [-0.3, -0.25) is 4.79 Å². The van der Waals surface area contributed by atoms with Crippen molar-refractivity contribution in [3.05, 3.63) is 17.8 Å². The third-order valence-electron chi connectivity index (χ3n) is 1.60. The number of aromatic nitrogens is 1. The molecule has 1 heterocycles. The molecule has 1 aromatic heterocycles. The van der Waals surface area contributed by atoms with Crippen LogP contribution < -0.4 is 10.5 Å².